The van der Waals surface area contributed by atoms with E-state index in [0.29, 0.717) is 11.3 Å². The number of alkyl halides is 3. The van der Waals surface area contributed by atoms with E-state index in [1.54, 1.807) is 24.3 Å². The van der Waals surface area contributed by atoms with E-state index in [4.69, 9.17) is 4.74 Å². The van der Waals surface area contributed by atoms with Crippen LogP contribution >= 0.6 is 0 Å². The number of amides is 1. The van der Waals surface area contributed by atoms with Crippen molar-refractivity contribution in [1.29, 1.82) is 0 Å². The Balaban J connectivity index is 2.70. The summed E-state index contributed by atoms with van der Waals surface area (Å²) in [5.74, 6) is -1.34. The molecule has 0 heterocycles. The molecule has 0 saturated carbocycles. The number of ether oxygens (including phenoxy) is 1. The number of carbonyl (C=O) groups is 1. The van der Waals surface area contributed by atoms with Gasteiger partial charge < -0.3 is 10.1 Å². The predicted octanol–water partition coefficient (Wildman–Crippen LogP) is 2.43. The molecule has 0 fully saturated rings. The minimum atomic E-state index is -4.86. The zero-order valence-electron chi connectivity index (χ0n) is 9.34. The maximum atomic E-state index is 12.0. The van der Waals surface area contributed by atoms with Gasteiger partial charge in [-0.25, -0.2) is 0 Å². The molecule has 1 rings (SSSR count). The van der Waals surface area contributed by atoms with Crippen molar-refractivity contribution in [3.05, 3.63) is 29.8 Å². The molecular formula is C11H12F3NO2. The van der Waals surface area contributed by atoms with Crippen LogP contribution in [0.4, 0.5) is 13.2 Å². The summed E-state index contributed by atoms with van der Waals surface area (Å²) in [4.78, 5) is 10.7. The van der Waals surface area contributed by atoms with Gasteiger partial charge in [-0.05, 0) is 24.6 Å². The number of hydrogen-bond acceptors (Lipinski definition) is 2. The predicted molar refractivity (Wildman–Crippen MR) is 55.6 cm³/mol. The van der Waals surface area contributed by atoms with Gasteiger partial charge >= 0.3 is 12.1 Å². The highest BCUT2D eigenvalue weighted by molar-refractivity contribution is 5.82. The summed E-state index contributed by atoms with van der Waals surface area (Å²) in [6.07, 6.45) is -4.86. The van der Waals surface area contributed by atoms with Crippen LogP contribution in [-0.4, -0.2) is 19.2 Å². The van der Waals surface area contributed by atoms with E-state index >= 15 is 0 Å². The van der Waals surface area contributed by atoms with Crippen LogP contribution in [0.3, 0.4) is 0 Å². The highest BCUT2D eigenvalue weighted by Gasteiger charge is 2.39. The van der Waals surface area contributed by atoms with Crippen LogP contribution in [0.25, 0.3) is 0 Å². The molecule has 0 radical (unpaired) electrons. The van der Waals surface area contributed by atoms with Gasteiger partial charge in [0.2, 0.25) is 0 Å². The van der Waals surface area contributed by atoms with Crippen molar-refractivity contribution in [2.45, 2.75) is 19.1 Å². The number of rotatable bonds is 3. The Morgan fingerprint density at radius 2 is 1.82 bits per heavy atom. The fourth-order valence-electron chi connectivity index (χ4n) is 1.25. The van der Waals surface area contributed by atoms with Gasteiger partial charge in [-0.15, -0.1) is 0 Å². The summed E-state index contributed by atoms with van der Waals surface area (Å²) in [5, 5.41) is 1.87. The largest absolute Gasteiger partial charge is 0.497 e. The molecule has 0 spiro atoms. The number of nitrogens with one attached hydrogen (secondary N) is 1. The lowest BCUT2D eigenvalue weighted by Gasteiger charge is -2.15. The van der Waals surface area contributed by atoms with E-state index in [2.05, 4.69) is 0 Å². The number of benzene rings is 1. The first-order chi connectivity index (χ1) is 7.84. The van der Waals surface area contributed by atoms with Crippen molar-refractivity contribution in [2.24, 2.45) is 0 Å². The second-order valence-electron chi connectivity index (χ2n) is 3.47. The molecule has 3 nitrogen and oxygen atoms in total. The minimum Gasteiger partial charge on any atom is -0.497 e. The molecule has 0 aliphatic carbocycles. The monoisotopic (exact) mass is 247 g/mol. The molecule has 1 N–H and O–H groups in total. The summed E-state index contributed by atoms with van der Waals surface area (Å²) in [5.41, 5.74) is 0.573. The van der Waals surface area contributed by atoms with Gasteiger partial charge in [0.05, 0.1) is 13.2 Å². The van der Waals surface area contributed by atoms with Gasteiger partial charge in [0.15, 0.2) is 0 Å². The Hall–Kier alpha value is -1.72. The first kappa shape index (κ1) is 13.3. The van der Waals surface area contributed by atoms with E-state index in [1.165, 1.54) is 14.0 Å². The van der Waals surface area contributed by atoms with Gasteiger partial charge in [-0.1, -0.05) is 12.1 Å². The molecule has 0 bridgehead atoms. The first-order valence-electron chi connectivity index (χ1n) is 4.86. The third-order valence-corrected chi connectivity index (χ3v) is 2.22. The minimum absolute atomic E-state index is 0.573. The van der Waals surface area contributed by atoms with Gasteiger partial charge in [-0.3, -0.25) is 4.79 Å². The van der Waals surface area contributed by atoms with Crippen molar-refractivity contribution in [3.63, 3.8) is 0 Å². The highest BCUT2D eigenvalue weighted by Crippen LogP contribution is 2.20. The molecule has 0 aromatic heterocycles. The zero-order valence-corrected chi connectivity index (χ0v) is 9.34. The average Bonchev–Trinajstić information content (AvgIpc) is 2.27. The zero-order chi connectivity index (χ0) is 13.1. The maximum absolute atomic E-state index is 12.0. The van der Waals surface area contributed by atoms with Gasteiger partial charge in [0, 0.05) is 0 Å². The smallest absolute Gasteiger partial charge is 0.471 e. The molecule has 94 valence electrons. The number of halogens is 3. The molecule has 1 aromatic rings. The summed E-state index contributed by atoms with van der Waals surface area (Å²) >= 11 is 0. The normalized spacial score (nSPS) is 13.0. The molecule has 1 aromatic carbocycles. The topological polar surface area (TPSA) is 38.3 Å². The van der Waals surface area contributed by atoms with Gasteiger partial charge in [0.25, 0.3) is 0 Å². The second kappa shape index (κ2) is 5.07. The first-order valence-corrected chi connectivity index (χ1v) is 4.86. The van der Waals surface area contributed by atoms with Crippen LogP contribution in [-0.2, 0) is 4.79 Å². The van der Waals surface area contributed by atoms with Crippen LogP contribution in [0.2, 0.25) is 0 Å². The van der Waals surface area contributed by atoms with Gasteiger partial charge in [-0.2, -0.15) is 13.2 Å². The second-order valence-corrected chi connectivity index (χ2v) is 3.47. The summed E-state index contributed by atoms with van der Waals surface area (Å²) in [6.45, 7) is 1.48. The number of hydrogen-bond donors (Lipinski definition) is 1. The molecule has 1 amide bonds. The van der Waals surface area contributed by atoms with E-state index in [0.717, 1.165) is 0 Å². The lowest BCUT2D eigenvalue weighted by Crippen LogP contribution is -2.38. The number of methoxy groups -OCH3 is 1. The van der Waals surface area contributed by atoms with Crippen LogP contribution in [0, 0.1) is 0 Å². The van der Waals surface area contributed by atoms with E-state index in [9.17, 15) is 18.0 Å². The lowest BCUT2D eigenvalue weighted by atomic mass is 10.1. The molecule has 1 atom stereocenters. The number of carbonyl (C=O) groups excluding carboxylic acids is 1. The van der Waals surface area contributed by atoms with Gasteiger partial charge in [0.1, 0.15) is 5.75 Å². The third-order valence-electron chi connectivity index (χ3n) is 2.22. The molecule has 0 saturated heterocycles. The summed E-state index contributed by atoms with van der Waals surface area (Å²) in [7, 11) is 1.49. The fourth-order valence-corrected chi connectivity index (χ4v) is 1.25. The molecule has 6 heteroatoms. The Bertz CT molecular complexity index is 387. The van der Waals surface area contributed by atoms with Crippen molar-refractivity contribution >= 4 is 5.91 Å². The standard InChI is InChI=1S/C11H12F3NO2/c1-7(15-10(16)11(12,13)14)8-3-5-9(17-2)6-4-8/h3-7H,1-2H3,(H,15,16)/t7-/m1/s1. The lowest BCUT2D eigenvalue weighted by molar-refractivity contribution is -0.174. The summed E-state index contributed by atoms with van der Waals surface area (Å²) in [6, 6.07) is 5.72. The van der Waals surface area contributed by atoms with Crippen LogP contribution in [0.15, 0.2) is 24.3 Å². The third kappa shape index (κ3) is 3.65. The molecule has 0 aliphatic heterocycles. The SMILES string of the molecule is COc1ccc([C@@H](C)NC(=O)C(F)(F)F)cc1. The van der Waals surface area contributed by atoms with E-state index < -0.39 is 18.1 Å². The summed E-state index contributed by atoms with van der Waals surface area (Å²) < 4.78 is 41.0. The Kier molecular flexibility index (Phi) is 3.98. The van der Waals surface area contributed by atoms with Crippen molar-refractivity contribution < 1.29 is 22.7 Å². The highest BCUT2D eigenvalue weighted by atomic mass is 19.4. The fraction of sp³-hybridized carbons (Fsp3) is 0.364. The average molecular weight is 247 g/mol. The molecular weight excluding hydrogens is 235 g/mol. The Morgan fingerprint density at radius 1 is 1.29 bits per heavy atom. The van der Waals surface area contributed by atoms with Crippen LogP contribution in [0.1, 0.15) is 18.5 Å². The molecule has 17 heavy (non-hydrogen) atoms. The van der Waals surface area contributed by atoms with E-state index in [-0.39, 0.29) is 0 Å². The molecule has 0 aliphatic rings. The quantitative estimate of drug-likeness (QED) is 0.890. The molecule has 0 unspecified atom stereocenters. The van der Waals surface area contributed by atoms with Crippen molar-refractivity contribution in [1.82, 2.24) is 5.32 Å². The van der Waals surface area contributed by atoms with E-state index in [1.807, 2.05) is 5.32 Å². The van der Waals surface area contributed by atoms with Crippen LogP contribution in [0.5, 0.6) is 5.75 Å². The Labute approximate surface area is 96.6 Å². The van der Waals surface area contributed by atoms with Crippen molar-refractivity contribution in [2.75, 3.05) is 7.11 Å². The van der Waals surface area contributed by atoms with Crippen LogP contribution < -0.4 is 10.1 Å². The maximum Gasteiger partial charge on any atom is 0.471 e. The Morgan fingerprint density at radius 3 is 2.24 bits per heavy atom. The van der Waals surface area contributed by atoms with Crippen molar-refractivity contribution in [3.8, 4) is 5.75 Å².